The fourth-order valence-electron chi connectivity index (χ4n) is 2.13. The summed E-state index contributed by atoms with van der Waals surface area (Å²) in [6.45, 7) is 2.01. The number of thiophene rings is 1. The average Bonchev–Trinajstić information content (AvgIpc) is 2.79. The maximum absolute atomic E-state index is 6.18. The first-order valence-corrected chi connectivity index (χ1v) is 7.45. The molecule has 0 saturated carbocycles. The van der Waals surface area contributed by atoms with Crippen molar-refractivity contribution in [1.82, 2.24) is 5.32 Å². The maximum atomic E-state index is 6.18. The molecule has 1 heterocycles. The molecule has 0 aliphatic heterocycles. The molecule has 2 aromatic rings. The quantitative estimate of drug-likeness (QED) is 0.904. The highest BCUT2D eigenvalue weighted by atomic mass is 35.5. The van der Waals surface area contributed by atoms with E-state index in [0.29, 0.717) is 0 Å². The zero-order chi connectivity index (χ0) is 14.7. The second-order valence-electron chi connectivity index (χ2n) is 4.44. The van der Waals surface area contributed by atoms with Gasteiger partial charge in [-0.2, -0.15) is 0 Å². The van der Waals surface area contributed by atoms with Crippen LogP contribution in [0.1, 0.15) is 22.0 Å². The first-order chi connectivity index (χ1) is 9.60. The zero-order valence-corrected chi connectivity index (χ0v) is 13.6. The van der Waals surface area contributed by atoms with Crippen LogP contribution in [0.25, 0.3) is 0 Å². The van der Waals surface area contributed by atoms with Gasteiger partial charge in [0.2, 0.25) is 0 Å². The van der Waals surface area contributed by atoms with Crippen molar-refractivity contribution < 1.29 is 9.47 Å². The molecule has 0 aliphatic carbocycles. The number of nitrogens with one attached hydrogen (secondary N) is 1. The van der Waals surface area contributed by atoms with E-state index >= 15 is 0 Å². The summed E-state index contributed by atoms with van der Waals surface area (Å²) in [6.07, 6.45) is 0. The van der Waals surface area contributed by atoms with Gasteiger partial charge < -0.3 is 14.8 Å². The molecule has 1 aromatic carbocycles. The van der Waals surface area contributed by atoms with Crippen molar-refractivity contribution >= 4 is 22.9 Å². The number of hydrogen-bond acceptors (Lipinski definition) is 4. The molecule has 20 heavy (non-hydrogen) atoms. The van der Waals surface area contributed by atoms with Crippen LogP contribution in [0.5, 0.6) is 11.5 Å². The minimum atomic E-state index is 0.0482. The number of methoxy groups -OCH3 is 2. The largest absolute Gasteiger partial charge is 0.497 e. The molecule has 5 heteroatoms. The molecule has 2 rings (SSSR count). The fourth-order valence-corrected chi connectivity index (χ4v) is 3.48. The summed E-state index contributed by atoms with van der Waals surface area (Å²) in [5.74, 6) is 1.58. The van der Waals surface area contributed by atoms with E-state index in [1.807, 2.05) is 32.2 Å². The van der Waals surface area contributed by atoms with E-state index in [1.54, 1.807) is 25.6 Å². The molecular weight excluding hydrogens is 294 g/mol. The lowest BCUT2D eigenvalue weighted by Crippen LogP contribution is -2.17. The van der Waals surface area contributed by atoms with Crippen LogP contribution < -0.4 is 14.8 Å². The van der Waals surface area contributed by atoms with Crippen LogP contribution in [0, 0.1) is 6.92 Å². The van der Waals surface area contributed by atoms with Gasteiger partial charge in [-0.05, 0) is 37.7 Å². The Labute approximate surface area is 128 Å². The van der Waals surface area contributed by atoms with Gasteiger partial charge >= 0.3 is 0 Å². The first-order valence-electron chi connectivity index (χ1n) is 6.25. The average molecular weight is 312 g/mol. The van der Waals surface area contributed by atoms with Crippen LogP contribution in [0.15, 0.2) is 24.3 Å². The summed E-state index contributed by atoms with van der Waals surface area (Å²) < 4.78 is 11.5. The van der Waals surface area contributed by atoms with Crippen molar-refractivity contribution in [2.45, 2.75) is 13.0 Å². The van der Waals surface area contributed by atoms with E-state index in [-0.39, 0.29) is 6.04 Å². The number of benzene rings is 1. The third kappa shape index (κ3) is 2.92. The molecule has 1 aromatic heterocycles. The number of halogens is 1. The molecular formula is C15H18ClNO2S. The molecule has 0 radical (unpaired) electrons. The van der Waals surface area contributed by atoms with Gasteiger partial charge in [0.25, 0.3) is 0 Å². The Morgan fingerprint density at radius 3 is 2.45 bits per heavy atom. The lowest BCUT2D eigenvalue weighted by atomic mass is 10.0. The van der Waals surface area contributed by atoms with Gasteiger partial charge in [0.15, 0.2) is 0 Å². The second-order valence-corrected chi connectivity index (χ2v) is 6.12. The summed E-state index contributed by atoms with van der Waals surface area (Å²) in [6, 6.07) is 8.00. The standard InChI is InChI=1S/C15H18ClNO2S/c1-9-7-13(20-15(9)16)14(17-2)11-6-5-10(18-3)8-12(11)19-4/h5-8,14,17H,1-4H3. The predicted molar refractivity (Wildman–Crippen MR) is 84.5 cm³/mol. The van der Waals surface area contributed by atoms with Gasteiger partial charge in [-0.3, -0.25) is 0 Å². The summed E-state index contributed by atoms with van der Waals surface area (Å²) in [5, 5.41) is 3.32. The van der Waals surface area contributed by atoms with E-state index in [4.69, 9.17) is 21.1 Å². The third-order valence-electron chi connectivity index (χ3n) is 3.20. The van der Waals surface area contributed by atoms with Crippen LogP contribution in [-0.2, 0) is 0 Å². The molecule has 0 saturated heterocycles. The first kappa shape index (κ1) is 15.2. The lowest BCUT2D eigenvalue weighted by molar-refractivity contribution is 0.388. The van der Waals surface area contributed by atoms with Crippen LogP contribution >= 0.6 is 22.9 Å². The summed E-state index contributed by atoms with van der Waals surface area (Å²) in [4.78, 5) is 1.17. The van der Waals surface area contributed by atoms with Crippen molar-refractivity contribution in [3.8, 4) is 11.5 Å². The highest BCUT2D eigenvalue weighted by molar-refractivity contribution is 7.16. The molecule has 0 spiro atoms. The van der Waals surface area contributed by atoms with Crippen molar-refractivity contribution in [2.24, 2.45) is 0 Å². The van der Waals surface area contributed by atoms with Gasteiger partial charge in [0, 0.05) is 16.5 Å². The molecule has 1 unspecified atom stereocenters. The predicted octanol–water partition coefficient (Wildman–Crippen LogP) is 4.04. The molecule has 0 bridgehead atoms. The third-order valence-corrected chi connectivity index (χ3v) is 4.82. The molecule has 3 nitrogen and oxygen atoms in total. The van der Waals surface area contributed by atoms with Crippen LogP contribution in [0.2, 0.25) is 4.34 Å². The zero-order valence-electron chi connectivity index (χ0n) is 12.0. The van der Waals surface area contributed by atoms with Gasteiger partial charge in [-0.15, -0.1) is 11.3 Å². The topological polar surface area (TPSA) is 30.5 Å². The summed E-state index contributed by atoms with van der Waals surface area (Å²) in [5.41, 5.74) is 2.16. The second kappa shape index (κ2) is 6.48. The minimum Gasteiger partial charge on any atom is -0.497 e. The van der Waals surface area contributed by atoms with E-state index in [2.05, 4.69) is 11.4 Å². The smallest absolute Gasteiger partial charge is 0.127 e. The fraction of sp³-hybridized carbons (Fsp3) is 0.333. The molecule has 1 atom stereocenters. The van der Waals surface area contributed by atoms with Crippen LogP contribution in [-0.4, -0.2) is 21.3 Å². The Kier molecular flexibility index (Phi) is 4.91. The normalized spacial score (nSPS) is 12.2. The number of hydrogen-bond donors (Lipinski definition) is 1. The van der Waals surface area contributed by atoms with Gasteiger partial charge in [0.05, 0.1) is 24.6 Å². The molecule has 1 N–H and O–H groups in total. The van der Waals surface area contributed by atoms with Crippen LogP contribution in [0.3, 0.4) is 0 Å². The summed E-state index contributed by atoms with van der Waals surface area (Å²) >= 11 is 7.77. The van der Waals surface area contributed by atoms with Crippen molar-refractivity contribution in [2.75, 3.05) is 21.3 Å². The molecule has 0 fully saturated rings. The highest BCUT2D eigenvalue weighted by Gasteiger charge is 2.20. The summed E-state index contributed by atoms with van der Waals surface area (Å²) in [7, 11) is 5.24. The Hall–Kier alpha value is -1.23. The molecule has 0 amide bonds. The maximum Gasteiger partial charge on any atom is 0.127 e. The molecule has 0 aliphatic rings. The van der Waals surface area contributed by atoms with Gasteiger partial charge in [-0.25, -0.2) is 0 Å². The van der Waals surface area contributed by atoms with Gasteiger partial charge in [0.1, 0.15) is 11.5 Å². The highest BCUT2D eigenvalue weighted by Crippen LogP contribution is 2.38. The monoisotopic (exact) mass is 311 g/mol. The van der Waals surface area contributed by atoms with E-state index < -0.39 is 0 Å². The Morgan fingerprint density at radius 1 is 1.20 bits per heavy atom. The van der Waals surface area contributed by atoms with E-state index in [1.165, 1.54) is 4.88 Å². The van der Waals surface area contributed by atoms with Crippen LogP contribution in [0.4, 0.5) is 0 Å². The van der Waals surface area contributed by atoms with E-state index in [9.17, 15) is 0 Å². The Balaban J connectivity index is 2.46. The Bertz CT molecular complexity index is 578. The SMILES string of the molecule is CNC(c1cc(C)c(Cl)s1)c1ccc(OC)cc1OC. The Morgan fingerprint density at radius 2 is 1.95 bits per heavy atom. The number of aryl methyl sites for hydroxylation is 1. The van der Waals surface area contributed by atoms with E-state index in [0.717, 1.165) is 27.0 Å². The van der Waals surface area contributed by atoms with Gasteiger partial charge in [-0.1, -0.05) is 11.6 Å². The minimum absolute atomic E-state index is 0.0482. The van der Waals surface area contributed by atoms with Crippen molar-refractivity contribution in [3.05, 3.63) is 44.6 Å². The molecule has 108 valence electrons. The van der Waals surface area contributed by atoms with Crippen molar-refractivity contribution in [3.63, 3.8) is 0 Å². The number of rotatable bonds is 5. The lowest BCUT2D eigenvalue weighted by Gasteiger charge is -2.18. The number of ether oxygens (including phenoxy) is 2. The van der Waals surface area contributed by atoms with Crippen molar-refractivity contribution in [1.29, 1.82) is 0 Å².